The van der Waals surface area contributed by atoms with Gasteiger partial charge >= 0.3 is 7.82 Å². The number of methoxy groups -OCH3 is 3. The van der Waals surface area contributed by atoms with Gasteiger partial charge in [0.25, 0.3) is 5.69 Å². The van der Waals surface area contributed by atoms with Crippen LogP contribution in [0.2, 0.25) is 0 Å². The van der Waals surface area contributed by atoms with Crippen LogP contribution in [0.25, 0.3) is 0 Å². The molecule has 0 aromatic heterocycles. The molecule has 0 fully saturated rings. The van der Waals surface area contributed by atoms with Crippen molar-refractivity contribution in [3.05, 3.63) is 70.8 Å². The van der Waals surface area contributed by atoms with Crippen molar-refractivity contribution in [2.24, 2.45) is 20.5 Å². The van der Waals surface area contributed by atoms with Crippen molar-refractivity contribution in [2.45, 2.75) is 0 Å². The van der Waals surface area contributed by atoms with Crippen molar-refractivity contribution in [1.29, 1.82) is 0 Å². The first-order chi connectivity index (χ1) is 20.2. The molecule has 0 bridgehead atoms. The Kier molecular flexibility index (Phi) is 12.0. The lowest BCUT2D eigenvalue weighted by molar-refractivity contribution is -0.384. The molecular formula is C26H31N6O9P. The number of hydrogen-bond donors (Lipinski definition) is 1. The van der Waals surface area contributed by atoms with Crippen LogP contribution >= 0.6 is 7.82 Å². The monoisotopic (exact) mass is 602 g/mol. The quantitative estimate of drug-likeness (QED) is 0.0806. The van der Waals surface area contributed by atoms with Crippen LogP contribution in [0.15, 0.2) is 81.1 Å². The minimum atomic E-state index is -4.07. The third-order valence-corrected chi connectivity index (χ3v) is 6.68. The van der Waals surface area contributed by atoms with Gasteiger partial charge in [-0.2, -0.15) is 10.2 Å². The molecule has 15 nitrogen and oxygen atoms in total. The number of non-ortho nitro benzene ring substituents is 1. The maximum absolute atomic E-state index is 11.6. The zero-order chi connectivity index (χ0) is 30.5. The summed E-state index contributed by atoms with van der Waals surface area (Å²) in [5.41, 5.74) is 2.50. The summed E-state index contributed by atoms with van der Waals surface area (Å²) in [7, 11) is 1.57. The van der Waals surface area contributed by atoms with E-state index in [9.17, 15) is 19.6 Å². The lowest BCUT2D eigenvalue weighted by Gasteiger charge is -2.24. The van der Waals surface area contributed by atoms with E-state index in [0.29, 0.717) is 53.9 Å². The molecule has 224 valence electrons. The van der Waals surface area contributed by atoms with Crippen LogP contribution in [0.4, 0.5) is 34.1 Å². The number of phosphoric ester groups is 1. The van der Waals surface area contributed by atoms with Crippen LogP contribution < -0.4 is 14.4 Å². The first-order valence-corrected chi connectivity index (χ1v) is 13.9. The second kappa shape index (κ2) is 15.7. The van der Waals surface area contributed by atoms with Crippen LogP contribution in [0.3, 0.4) is 0 Å². The number of phosphoric acid groups is 1. The lowest BCUT2D eigenvalue weighted by atomic mass is 10.2. The zero-order valence-corrected chi connectivity index (χ0v) is 24.3. The van der Waals surface area contributed by atoms with Crippen molar-refractivity contribution >= 4 is 41.9 Å². The molecule has 3 aromatic carbocycles. The fourth-order valence-electron chi connectivity index (χ4n) is 3.51. The highest BCUT2D eigenvalue weighted by Crippen LogP contribution is 2.42. The summed E-state index contributed by atoms with van der Waals surface area (Å²) in [5, 5.41) is 27.8. The van der Waals surface area contributed by atoms with Gasteiger partial charge in [-0.1, -0.05) is 0 Å². The van der Waals surface area contributed by atoms with Crippen molar-refractivity contribution in [3.63, 3.8) is 0 Å². The minimum absolute atomic E-state index is 0.0299. The molecule has 3 aromatic rings. The van der Waals surface area contributed by atoms with E-state index in [0.717, 1.165) is 12.8 Å². The van der Waals surface area contributed by atoms with Gasteiger partial charge in [-0.3, -0.25) is 19.2 Å². The number of ether oxygens (including phenoxy) is 3. The fraction of sp³-hybridized carbons (Fsp3) is 0.308. The van der Waals surface area contributed by atoms with E-state index in [4.69, 9.17) is 18.7 Å². The molecule has 0 aliphatic rings. The molecule has 0 spiro atoms. The Hall–Kier alpha value is -4.27. The molecule has 1 N–H and O–H groups in total. The number of anilines is 1. The van der Waals surface area contributed by atoms with Gasteiger partial charge in [-0.05, 0) is 36.4 Å². The molecule has 3 rings (SSSR count). The van der Waals surface area contributed by atoms with Crippen LogP contribution in [0.1, 0.15) is 0 Å². The predicted molar refractivity (Wildman–Crippen MR) is 154 cm³/mol. The first-order valence-electron chi connectivity index (χ1n) is 12.4. The van der Waals surface area contributed by atoms with Crippen molar-refractivity contribution in [2.75, 3.05) is 59.6 Å². The standard InChI is InChI=1S/C26H31N6O9P/c1-37-15-13-31(14-16-41-42(35,36)40-4)21-9-5-19(6-10-21)27-29-23-17-26(39-3)24(18-25(23)38-2)30-28-20-7-11-22(12-8-20)32(33)34/h5-12,17-18H,13-16H2,1-4H3,(H,35,36). The molecule has 0 amide bonds. The van der Waals surface area contributed by atoms with Gasteiger partial charge in [-0.15, -0.1) is 10.2 Å². The third kappa shape index (κ3) is 9.39. The molecule has 0 aliphatic heterocycles. The number of hydrogen-bond acceptors (Lipinski definition) is 13. The fourth-order valence-corrected chi connectivity index (χ4v) is 3.92. The van der Waals surface area contributed by atoms with E-state index < -0.39 is 12.7 Å². The molecular weight excluding hydrogens is 571 g/mol. The molecule has 0 saturated heterocycles. The molecule has 0 heterocycles. The molecule has 1 atom stereocenters. The predicted octanol–water partition coefficient (Wildman–Crippen LogP) is 6.66. The van der Waals surface area contributed by atoms with E-state index >= 15 is 0 Å². The number of nitrogens with zero attached hydrogens (tertiary/aromatic N) is 6. The Labute approximate surface area is 242 Å². The maximum Gasteiger partial charge on any atom is 0.471 e. The zero-order valence-electron chi connectivity index (χ0n) is 23.4. The summed E-state index contributed by atoms with van der Waals surface area (Å²) in [6.45, 7) is 1.25. The summed E-state index contributed by atoms with van der Waals surface area (Å²) in [6.07, 6.45) is 0. The van der Waals surface area contributed by atoms with Gasteiger partial charge in [0.05, 0.1) is 43.7 Å². The Morgan fingerprint density at radius 1 is 0.810 bits per heavy atom. The van der Waals surface area contributed by atoms with E-state index in [1.165, 1.54) is 38.5 Å². The SMILES string of the molecule is COCCN(CCOP(=O)(O)OC)c1ccc(N=Nc2cc(OC)c(N=Nc3ccc([N+](=O)[O-])cc3)cc2OC)cc1. The average Bonchev–Trinajstić information content (AvgIpc) is 3.00. The Morgan fingerprint density at radius 2 is 1.31 bits per heavy atom. The van der Waals surface area contributed by atoms with Crippen LogP contribution in [-0.2, 0) is 18.3 Å². The normalized spacial score (nSPS) is 12.9. The van der Waals surface area contributed by atoms with E-state index in [2.05, 4.69) is 25.0 Å². The molecule has 0 radical (unpaired) electrons. The second-order valence-electron chi connectivity index (χ2n) is 8.35. The summed E-state index contributed by atoms with van der Waals surface area (Å²) in [6, 6.07) is 16.0. The van der Waals surface area contributed by atoms with Crippen LogP contribution in [-0.4, -0.2) is 64.6 Å². The summed E-state index contributed by atoms with van der Waals surface area (Å²) >= 11 is 0. The summed E-state index contributed by atoms with van der Waals surface area (Å²) in [5.74, 6) is 0.736. The molecule has 0 aliphatic carbocycles. The van der Waals surface area contributed by atoms with Gasteiger partial charge in [0.15, 0.2) is 0 Å². The number of benzene rings is 3. The van der Waals surface area contributed by atoms with Gasteiger partial charge in [0.1, 0.15) is 22.9 Å². The van der Waals surface area contributed by atoms with E-state index in [-0.39, 0.29) is 12.3 Å². The number of nitro benzene ring substituents is 1. The van der Waals surface area contributed by atoms with Crippen molar-refractivity contribution in [1.82, 2.24) is 0 Å². The number of rotatable bonds is 16. The van der Waals surface area contributed by atoms with Gasteiger partial charge in [0.2, 0.25) is 0 Å². The van der Waals surface area contributed by atoms with Gasteiger partial charge < -0.3 is 24.0 Å². The lowest BCUT2D eigenvalue weighted by Crippen LogP contribution is -2.30. The van der Waals surface area contributed by atoms with Crippen molar-refractivity contribution in [3.8, 4) is 11.5 Å². The van der Waals surface area contributed by atoms with Crippen molar-refractivity contribution < 1.29 is 37.6 Å². The van der Waals surface area contributed by atoms with Gasteiger partial charge in [0, 0.05) is 57.3 Å². The highest BCUT2D eigenvalue weighted by Gasteiger charge is 2.19. The number of azo groups is 2. The Balaban J connectivity index is 1.76. The van der Waals surface area contributed by atoms with Crippen LogP contribution in [0.5, 0.6) is 11.5 Å². The van der Waals surface area contributed by atoms with Gasteiger partial charge in [-0.25, -0.2) is 4.57 Å². The summed E-state index contributed by atoms with van der Waals surface area (Å²) < 4.78 is 37.0. The van der Waals surface area contributed by atoms with E-state index in [1.54, 1.807) is 31.4 Å². The highest BCUT2D eigenvalue weighted by molar-refractivity contribution is 7.47. The highest BCUT2D eigenvalue weighted by atomic mass is 31.2. The van der Waals surface area contributed by atoms with E-state index in [1.807, 2.05) is 17.0 Å². The average molecular weight is 603 g/mol. The molecule has 16 heteroatoms. The topological polar surface area (TPSA) is 179 Å². The largest absolute Gasteiger partial charge is 0.494 e. The first kappa shape index (κ1) is 32.2. The number of nitro groups is 1. The molecule has 1 unspecified atom stereocenters. The second-order valence-corrected chi connectivity index (χ2v) is 9.91. The Bertz CT molecular complexity index is 1440. The minimum Gasteiger partial charge on any atom is -0.494 e. The Morgan fingerprint density at radius 3 is 1.76 bits per heavy atom. The molecule has 42 heavy (non-hydrogen) atoms. The van der Waals surface area contributed by atoms with Crippen LogP contribution in [0, 0.1) is 10.1 Å². The maximum atomic E-state index is 11.6. The smallest absolute Gasteiger partial charge is 0.471 e. The third-order valence-electron chi connectivity index (χ3n) is 5.71. The summed E-state index contributed by atoms with van der Waals surface area (Å²) in [4.78, 5) is 21.7. The molecule has 0 saturated carbocycles.